The molecule has 5 aromatic rings. The topological polar surface area (TPSA) is 73.5 Å². The van der Waals surface area contributed by atoms with Gasteiger partial charge in [-0.15, -0.1) is 0 Å². The number of nitrogens with zero attached hydrogens (tertiary/aromatic N) is 2. The molecule has 1 aliphatic carbocycles. The third-order valence-electron chi connectivity index (χ3n) is 5.91. The molecular formula is C28H18N4. The van der Waals surface area contributed by atoms with Gasteiger partial charge in [0, 0.05) is 22.1 Å². The zero-order chi connectivity index (χ0) is 21.7. The molecule has 32 heavy (non-hydrogen) atoms. The van der Waals surface area contributed by atoms with Crippen LogP contribution in [0, 0.1) is 10.8 Å². The summed E-state index contributed by atoms with van der Waals surface area (Å²) >= 11 is 0. The van der Waals surface area contributed by atoms with Crippen LogP contribution in [0.4, 0.5) is 0 Å². The molecule has 0 fully saturated rings. The second-order valence-corrected chi connectivity index (χ2v) is 7.87. The minimum atomic E-state index is 0.226. The predicted molar refractivity (Wildman–Crippen MR) is 132 cm³/mol. The Morgan fingerprint density at radius 3 is 2.28 bits per heavy atom. The third-order valence-corrected chi connectivity index (χ3v) is 5.91. The van der Waals surface area contributed by atoms with Crippen molar-refractivity contribution in [2.45, 2.75) is 0 Å². The quantitative estimate of drug-likeness (QED) is 0.347. The van der Waals surface area contributed by atoms with Crippen LogP contribution in [0.25, 0.3) is 50.4 Å². The highest BCUT2D eigenvalue weighted by Crippen LogP contribution is 2.33. The first-order chi connectivity index (χ1) is 15.7. The summed E-state index contributed by atoms with van der Waals surface area (Å²) in [5, 5.41) is 19.6. The van der Waals surface area contributed by atoms with Gasteiger partial charge in [-0.05, 0) is 34.5 Å². The Balaban J connectivity index is 1.61. The Morgan fingerprint density at radius 2 is 1.41 bits per heavy atom. The fourth-order valence-corrected chi connectivity index (χ4v) is 4.31. The van der Waals surface area contributed by atoms with Gasteiger partial charge in [0.05, 0.1) is 22.6 Å². The Morgan fingerprint density at radius 1 is 0.625 bits per heavy atom. The van der Waals surface area contributed by atoms with Crippen LogP contribution in [0.3, 0.4) is 0 Å². The van der Waals surface area contributed by atoms with Gasteiger partial charge in [0.2, 0.25) is 0 Å². The highest BCUT2D eigenvalue weighted by molar-refractivity contribution is 6.53. The van der Waals surface area contributed by atoms with E-state index in [1.165, 1.54) is 0 Å². The lowest BCUT2D eigenvalue weighted by atomic mass is 9.88. The van der Waals surface area contributed by atoms with Crippen molar-refractivity contribution in [2.24, 2.45) is 0 Å². The normalized spacial score (nSPS) is 13.0. The monoisotopic (exact) mass is 410 g/mol. The minimum absolute atomic E-state index is 0.226. The maximum absolute atomic E-state index is 8.48. The third kappa shape index (κ3) is 2.85. The van der Waals surface area contributed by atoms with Crippen molar-refractivity contribution in [1.29, 1.82) is 10.8 Å². The molecule has 4 heteroatoms. The van der Waals surface area contributed by atoms with Crippen molar-refractivity contribution in [1.82, 2.24) is 9.97 Å². The van der Waals surface area contributed by atoms with E-state index in [-0.39, 0.29) is 11.4 Å². The lowest BCUT2D eigenvalue weighted by molar-refractivity contribution is 1.23. The van der Waals surface area contributed by atoms with Gasteiger partial charge in [-0.1, -0.05) is 78.9 Å². The maximum atomic E-state index is 8.48. The van der Waals surface area contributed by atoms with Gasteiger partial charge in [0.25, 0.3) is 0 Å². The number of allylic oxidation sites excluding steroid dienone is 1. The van der Waals surface area contributed by atoms with E-state index < -0.39 is 0 Å². The largest absolute Gasteiger partial charge is 0.299 e. The number of aromatic nitrogens is 2. The van der Waals surface area contributed by atoms with Gasteiger partial charge < -0.3 is 0 Å². The number of nitrogens with one attached hydrogen (secondary N) is 2. The van der Waals surface area contributed by atoms with Crippen LogP contribution in [0.5, 0.6) is 0 Å². The van der Waals surface area contributed by atoms with Crippen LogP contribution in [0.1, 0.15) is 11.1 Å². The molecule has 0 amide bonds. The van der Waals surface area contributed by atoms with Crippen LogP contribution < -0.4 is 0 Å². The van der Waals surface area contributed by atoms with Crippen LogP contribution in [0.15, 0.2) is 91.0 Å². The smallest absolute Gasteiger partial charge is 0.160 e. The average molecular weight is 410 g/mol. The summed E-state index contributed by atoms with van der Waals surface area (Å²) in [4.78, 5) is 9.84. The summed E-state index contributed by atoms with van der Waals surface area (Å²) in [6, 6.07) is 28.4. The molecule has 1 aromatic heterocycles. The molecule has 0 unspecified atom stereocenters. The standard InChI is InChI=1S/C28H18N4/c29-23-15-14-18-12-10-17-11-13-20(16-22(17)25(18)26(23)30)28-31-24-9-5-4-8-21(24)27(32-28)19-6-2-1-3-7-19/h1-16,29-30H. The fourth-order valence-electron chi connectivity index (χ4n) is 4.31. The van der Waals surface area contributed by atoms with Crippen molar-refractivity contribution in [3.8, 4) is 22.6 Å². The summed E-state index contributed by atoms with van der Waals surface area (Å²) < 4.78 is 0. The molecule has 0 bridgehead atoms. The summed E-state index contributed by atoms with van der Waals surface area (Å²) in [7, 11) is 0. The highest BCUT2D eigenvalue weighted by atomic mass is 14.9. The number of hydrogen-bond donors (Lipinski definition) is 2. The minimum Gasteiger partial charge on any atom is -0.299 e. The van der Waals surface area contributed by atoms with Gasteiger partial charge in [-0.25, -0.2) is 9.97 Å². The van der Waals surface area contributed by atoms with E-state index in [9.17, 15) is 0 Å². The Bertz CT molecular complexity index is 1600. The van der Waals surface area contributed by atoms with Crippen LogP contribution in [-0.2, 0) is 0 Å². The molecule has 0 radical (unpaired) electrons. The Kier molecular flexibility index (Phi) is 4.05. The first-order valence-electron chi connectivity index (χ1n) is 10.4. The maximum Gasteiger partial charge on any atom is 0.160 e. The van der Waals surface area contributed by atoms with E-state index >= 15 is 0 Å². The van der Waals surface area contributed by atoms with Crippen LogP contribution in [-0.4, -0.2) is 21.4 Å². The van der Waals surface area contributed by atoms with E-state index in [0.717, 1.165) is 49.6 Å². The molecule has 0 saturated carbocycles. The highest BCUT2D eigenvalue weighted by Gasteiger charge is 2.19. The zero-order valence-electron chi connectivity index (χ0n) is 17.1. The van der Waals surface area contributed by atoms with Crippen LogP contribution >= 0.6 is 0 Å². The van der Waals surface area contributed by atoms with Gasteiger partial charge in [0.15, 0.2) is 5.82 Å². The second kappa shape index (κ2) is 7.06. The van der Waals surface area contributed by atoms with Gasteiger partial charge in [-0.3, -0.25) is 10.8 Å². The summed E-state index contributed by atoms with van der Waals surface area (Å²) in [5.41, 5.74) is 5.95. The number of hydrogen-bond acceptors (Lipinski definition) is 4. The van der Waals surface area contributed by atoms with Crippen molar-refractivity contribution in [2.75, 3.05) is 0 Å². The van der Waals surface area contributed by atoms with Gasteiger partial charge in [-0.2, -0.15) is 0 Å². The van der Waals surface area contributed by atoms with Gasteiger partial charge in [0.1, 0.15) is 0 Å². The number of rotatable bonds is 2. The van der Waals surface area contributed by atoms with E-state index in [1.54, 1.807) is 6.08 Å². The molecule has 0 atom stereocenters. The van der Waals surface area contributed by atoms with Crippen molar-refractivity contribution >= 4 is 39.2 Å². The van der Waals surface area contributed by atoms with E-state index in [0.29, 0.717) is 5.82 Å². The molecule has 1 aliphatic rings. The van der Waals surface area contributed by atoms with Gasteiger partial charge >= 0.3 is 0 Å². The Labute approximate surface area is 184 Å². The van der Waals surface area contributed by atoms with Crippen molar-refractivity contribution in [3.63, 3.8) is 0 Å². The fraction of sp³-hybridized carbons (Fsp3) is 0. The molecule has 6 rings (SSSR count). The Hall–Kier alpha value is -4.44. The first kappa shape index (κ1) is 18.3. The first-order valence-corrected chi connectivity index (χ1v) is 10.4. The zero-order valence-corrected chi connectivity index (χ0v) is 17.1. The predicted octanol–water partition coefficient (Wildman–Crippen LogP) is 6.53. The second-order valence-electron chi connectivity index (χ2n) is 7.87. The summed E-state index contributed by atoms with van der Waals surface area (Å²) in [5.74, 6) is 0.648. The number of benzene rings is 4. The molecule has 1 heterocycles. The number of fused-ring (bicyclic) bond motifs is 4. The van der Waals surface area contributed by atoms with Crippen molar-refractivity contribution in [3.05, 3.63) is 102 Å². The van der Waals surface area contributed by atoms with E-state index in [2.05, 4.69) is 24.3 Å². The van der Waals surface area contributed by atoms with Crippen molar-refractivity contribution < 1.29 is 0 Å². The summed E-state index contributed by atoms with van der Waals surface area (Å²) in [6.45, 7) is 0. The SMILES string of the molecule is N=C1C=Cc2ccc3ccc(-c4nc(-c5ccccc5)c5ccccc5n4)cc3c2C1=N. The summed E-state index contributed by atoms with van der Waals surface area (Å²) in [6.07, 6.45) is 3.58. The van der Waals surface area contributed by atoms with E-state index in [1.807, 2.05) is 66.7 Å². The molecule has 0 aliphatic heterocycles. The van der Waals surface area contributed by atoms with E-state index in [4.69, 9.17) is 20.8 Å². The molecule has 2 N–H and O–H groups in total. The lowest BCUT2D eigenvalue weighted by Crippen LogP contribution is -2.16. The number of para-hydroxylation sites is 1. The lowest BCUT2D eigenvalue weighted by Gasteiger charge is -2.16. The molecule has 0 saturated heterocycles. The molecular weight excluding hydrogens is 392 g/mol. The molecule has 0 spiro atoms. The molecule has 4 nitrogen and oxygen atoms in total. The molecule has 4 aromatic carbocycles. The molecule has 150 valence electrons. The van der Waals surface area contributed by atoms with Crippen LogP contribution in [0.2, 0.25) is 0 Å². The average Bonchev–Trinajstić information content (AvgIpc) is 2.85.